The van der Waals surface area contributed by atoms with Gasteiger partial charge in [0.1, 0.15) is 0 Å². The predicted octanol–water partition coefficient (Wildman–Crippen LogP) is 2.16. The molecule has 0 saturated carbocycles. The molecule has 1 heterocycles. The third-order valence-corrected chi connectivity index (χ3v) is 2.91. The Morgan fingerprint density at radius 3 is 3.00 bits per heavy atom. The van der Waals surface area contributed by atoms with Crippen LogP contribution in [0.5, 0.6) is 5.75 Å². The van der Waals surface area contributed by atoms with E-state index in [1.165, 1.54) is 12.1 Å². The second kappa shape index (κ2) is 4.59. The van der Waals surface area contributed by atoms with E-state index in [4.69, 9.17) is 15.6 Å². The SMILES string of the molecule is Nc1nc2c(OC#P=O)cc(C(=O)O)cc2s1. The average molecular weight is 268 g/mol. The Hall–Kier alpha value is -1.81. The summed E-state index contributed by atoms with van der Waals surface area (Å²) in [6.07, 6.45) is 0. The van der Waals surface area contributed by atoms with Crippen molar-refractivity contribution < 1.29 is 19.2 Å². The standard InChI is InChI=1S/C9H5N2O4PS/c10-9-11-7-5(15-3-16-14)1-4(8(12)13)2-6(7)17-9/h1-2H,(H2,10,11)(H,12,13). The zero-order valence-corrected chi connectivity index (χ0v) is 9.92. The number of ether oxygens (including phenoxy) is 1. The van der Waals surface area contributed by atoms with Gasteiger partial charge in [0.25, 0.3) is 0 Å². The van der Waals surface area contributed by atoms with Crippen LogP contribution in [-0.2, 0) is 4.57 Å². The molecule has 2 rings (SSSR count). The van der Waals surface area contributed by atoms with E-state index in [1.807, 2.05) is 0 Å². The Balaban J connectivity index is 2.70. The summed E-state index contributed by atoms with van der Waals surface area (Å²) < 4.78 is 15.7. The van der Waals surface area contributed by atoms with Gasteiger partial charge in [-0.25, -0.2) is 0 Å². The number of benzene rings is 1. The fraction of sp³-hybridized carbons (Fsp3) is 0. The van der Waals surface area contributed by atoms with E-state index < -0.39 is 13.9 Å². The third-order valence-electron chi connectivity index (χ3n) is 1.92. The first-order valence-corrected chi connectivity index (χ1v) is 5.92. The van der Waals surface area contributed by atoms with Crippen LogP contribution in [0.3, 0.4) is 0 Å². The average Bonchev–Trinajstić information content (AvgIpc) is 2.65. The Morgan fingerprint density at radius 2 is 2.35 bits per heavy atom. The van der Waals surface area contributed by atoms with Gasteiger partial charge in [-0.05, 0) is 0 Å². The zero-order chi connectivity index (χ0) is 12.4. The van der Waals surface area contributed by atoms with E-state index >= 15 is 0 Å². The molecule has 0 amide bonds. The van der Waals surface area contributed by atoms with Crippen LogP contribution in [0.1, 0.15) is 10.4 Å². The molecule has 17 heavy (non-hydrogen) atoms. The van der Waals surface area contributed by atoms with Crippen molar-refractivity contribution in [1.82, 2.24) is 4.98 Å². The van der Waals surface area contributed by atoms with Gasteiger partial charge in [-0.15, -0.1) is 0 Å². The van der Waals surface area contributed by atoms with E-state index in [1.54, 1.807) is 0 Å². The maximum atomic E-state index is 10.9. The van der Waals surface area contributed by atoms with Gasteiger partial charge in [0, 0.05) is 0 Å². The van der Waals surface area contributed by atoms with Crippen LogP contribution in [0, 0.1) is 5.81 Å². The number of rotatable bonds is 2. The van der Waals surface area contributed by atoms with Crippen molar-refractivity contribution in [2.24, 2.45) is 0 Å². The van der Waals surface area contributed by atoms with Gasteiger partial charge in [0.2, 0.25) is 0 Å². The number of nitrogen functional groups attached to an aromatic ring is 1. The predicted molar refractivity (Wildman–Crippen MR) is 63.1 cm³/mol. The van der Waals surface area contributed by atoms with E-state index in [-0.39, 0.29) is 11.3 Å². The van der Waals surface area contributed by atoms with Crippen LogP contribution in [0.2, 0.25) is 0 Å². The summed E-state index contributed by atoms with van der Waals surface area (Å²) in [5, 5.41) is 9.21. The van der Waals surface area contributed by atoms with Crippen LogP contribution in [0.15, 0.2) is 12.1 Å². The quantitative estimate of drug-likeness (QED) is 0.809. The van der Waals surface area contributed by atoms with Crippen LogP contribution in [0.25, 0.3) is 10.2 Å². The van der Waals surface area contributed by atoms with Crippen molar-refractivity contribution in [3.8, 4) is 11.6 Å². The first-order chi connectivity index (χ1) is 8.11. The molecular formula is C9H5N2O4PS. The molecule has 0 aliphatic carbocycles. The number of carboxylic acid groups (broad SMARTS) is 1. The van der Waals surface area contributed by atoms with Crippen molar-refractivity contribution in [1.29, 1.82) is 0 Å². The van der Waals surface area contributed by atoms with Gasteiger partial charge in [-0.1, -0.05) is 0 Å². The summed E-state index contributed by atoms with van der Waals surface area (Å²) >= 11 is 1.15. The van der Waals surface area contributed by atoms with Crippen molar-refractivity contribution >= 4 is 40.6 Å². The monoisotopic (exact) mass is 268 g/mol. The molecule has 0 aliphatic heterocycles. The molecule has 0 spiro atoms. The van der Waals surface area contributed by atoms with Gasteiger partial charge in [0.15, 0.2) is 0 Å². The van der Waals surface area contributed by atoms with E-state index in [0.29, 0.717) is 15.3 Å². The van der Waals surface area contributed by atoms with Crippen molar-refractivity contribution in [2.75, 3.05) is 5.73 Å². The number of carboxylic acids is 1. The summed E-state index contributed by atoms with van der Waals surface area (Å²) in [4.78, 5) is 14.9. The second-order valence-corrected chi connectivity index (χ2v) is 4.39. The van der Waals surface area contributed by atoms with Gasteiger partial charge in [0.05, 0.1) is 0 Å². The van der Waals surface area contributed by atoms with Crippen molar-refractivity contribution in [3.05, 3.63) is 17.7 Å². The van der Waals surface area contributed by atoms with Gasteiger partial charge >= 0.3 is 99.7 Å². The minimum absolute atomic E-state index is 0.0421. The Morgan fingerprint density at radius 1 is 1.59 bits per heavy atom. The first kappa shape index (κ1) is 11.7. The fourth-order valence-electron chi connectivity index (χ4n) is 1.29. The number of nitrogens with zero attached hydrogens (tertiary/aromatic N) is 1. The minimum atomic E-state index is -1.09. The molecule has 1 aromatic heterocycles. The molecule has 2 aromatic rings. The molecule has 3 N–H and O–H groups in total. The molecule has 0 atom stereocenters. The first-order valence-electron chi connectivity index (χ1n) is 4.29. The Labute approximate surface area is 100 Å². The summed E-state index contributed by atoms with van der Waals surface area (Å²) in [5.41, 5.74) is 6.00. The number of thiazole rings is 1. The van der Waals surface area contributed by atoms with E-state index in [9.17, 15) is 9.36 Å². The van der Waals surface area contributed by atoms with Crippen LogP contribution >= 0.6 is 19.3 Å². The third kappa shape index (κ3) is 2.31. The van der Waals surface area contributed by atoms with Crippen LogP contribution in [0.4, 0.5) is 5.13 Å². The number of hydrogen-bond acceptors (Lipinski definition) is 6. The summed E-state index contributed by atoms with van der Waals surface area (Å²) in [6, 6.07) is 2.73. The normalized spacial score (nSPS) is 9.88. The molecule has 0 radical (unpaired) electrons. The number of fused-ring (bicyclic) bond motifs is 1. The van der Waals surface area contributed by atoms with E-state index in [0.717, 1.165) is 11.3 Å². The molecule has 86 valence electrons. The number of anilines is 1. The van der Waals surface area contributed by atoms with Crippen molar-refractivity contribution in [2.45, 2.75) is 0 Å². The number of aromatic nitrogens is 1. The number of hydrogen-bond donors (Lipinski definition) is 2. The topological polar surface area (TPSA) is 103 Å². The molecule has 0 saturated heterocycles. The number of aromatic carboxylic acids is 1. The maximum absolute atomic E-state index is 10.9. The molecule has 6 nitrogen and oxygen atoms in total. The molecule has 1 aromatic carbocycles. The van der Waals surface area contributed by atoms with Crippen molar-refractivity contribution in [3.63, 3.8) is 0 Å². The molecule has 0 bridgehead atoms. The zero-order valence-electron chi connectivity index (χ0n) is 8.21. The molecule has 0 fully saturated rings. The molecule has 0 unspecified atom stereocenters. The summed E-state index contributed by atoms with van der Waals surface area (Å²) in [5.74, 6) is 1.15. The molecular weight excluding hydrogens is 263 g/mol. The summed E-state index contributed by atoms with van der Waals surface area (Å²) in [7, 11) is -0.436. The molecule has 0 aliphatic rings. The van der Waals surface area contributed by atoms with Gasteiger partial charge in [-0.2, -0.15) is 0 Å². The van der Waals surface area contributed by atoms with Crippen LogP contribution < -0.4 is 10.5 Å². The number of carbonyl (C=O) groups is 1. The van der Waals surface area contributed by atoms with Crippen LogP contribution in [-0.4, -0.2) is 16.1 Å². The fourth-order valence-corrected chi connectivity index (χ4v) is 2.21. The van der Waals surface area contributed by atoms with Gasteiger partial charge < -0.3 is 0 Å². The number of nitrogens with two attached hydrogens (primary N) is 1. The second-order valence-electron chi connectivity index (χ2n) is 2.96. The van der Waals surface area contributed by atoms with Gasteiger partial charge in [-0.3, -0.25) is 0 Å². The Bertz CT molecular complexity index is 706. The molecule has 8 heteroatoms. The Kier molecular flexibility index (Phi) is 3.15. The van der Waals surface area contributed by atoms with E-state index in [2.05, 4.69) is 10.8 Å². The summed E-state index contributed by atoms with van der Waals surface area (Å²) in [6.45, 7) is 0.